The molecule has 0 atom stereocenters. The number of benzene rings is 1. The van der Waals surface area contributed by atoms with Crippen molar-refractivity contribution in [3.8, 4) is 0 Å². The number of nitrogens with one attached hydrogen (secondary N) is 1. The first kappa shape index (κ1) is 23.1. The fourth-order valence-electron chi connectivity index (χ4n) is 3.61. The van der Waals surface area contributed by atoms with E-state index in [1.807, 2.05) is 12.3 Å². The molecule has 1 aromatic carbocycles. The van der Waals surface area contributed by atoms with Crippen LogP contribution in [-0.2, 0) is 15.8 Å². The average Bonchev–Trinajstić information content (AvgIpc) is 3.17. The number of carbonyl (C=O) groups is 2. The second-order valence-electron chi connectivity index (χ2n) is 7.48. The molecule has 6 nitrogen and oxygen atoms in total. The van der Waals surface area contributed by atoms with Gasteiger partial charge in [0.2, 0.25) is 11.8 Å². The molecule has 0 saturated carbocycles. The Morgan fingerprint density at radius 2 is 1.94 bits per heavy atom. The number of thiazole rings is 1. The van der Waals surface area contributed by atoms with Gasteiger partial charge in [-0.25, -0.2) is 4.98 Å². The summed E-state index contributed by atoms with van der Waals surface area (Å²) < 4.78 is 39.4. The fourth-order valence-corrected chi connectivity index (χ4v) is 4.47. The number of nitrogens with zero attached hydrogens (tertiary/aromatic N) is 3. The summed E-state index contributed by atoms with van der Waals surface area (Å²) >= 11 is 1.58. The highest BCUT2D eigenvalue weighted by Crippen LogP contribution is 2.34. The van der Waals surface area contributed by atoms with E-state index in [-0.39, 0.29) is 24.1 Å². The van der Waals surface area contributed by atoms with Gasteiger partial charge in [0.05, 0.1) is 23.5 Å². The molecule has 31 heavy (non-hydrogen) atoms. The van der Waals surface area contributed by atoms with Crippen molar-refractivity contribution in [1.82, 2.24) is 9.88 Å². The SMILES string of the molecule is CCN(CC(=O)Nc1ccccc1C(F)(F)F)C(=O)C1CCN(c2nc(C)cs2)CC1. The lowest BCUT2D eigenvalue weighted by molar-refractivity contribution is -0.139. The number of rotatable bonds is 6. The first-order valence-corrected chi connectivity index (χ1v) is 11.0. The summed E-state index contributed by atoms with van der Waals surface area (Å²) in [6.07, 6.45) is -3.28. The Kier molecular flexibility index (Phi) is 7.19. The predicted molar refractivity (Wildman–Crippen MR) is 114 cm³/mol. The minimum atomic E-state index is -4.58. The molecule has 10 heteroatoms. The number of halogens is 3. The predicted octanol–water partition coefficient (Wildman–Crippen LogP) is 4.17. The number of anilines is 2. The molecule has 0 aliphatic carbocycles. The molecular weight excluding hydrogens is 429 g/mol. The first-order chi connectivity index (χ1) is 14.7. The van der Waals surface area contributed by atoms with Crippen LogP contribution in [0.15, 0.2) is 29.6 Å². The lowest BCUT2D eigenvalue weighted by Gasteiger charge is -2.33. The van der Waals surface area contributed by atoms with E-state index >= 15 is 0 Å². The molecule has 168 valence electrons. The summed E-state index contributed by atoms with van der Waals surface area (Å²) in [5.41, 5.74) is -0.258. The van der Waals surface area contributed by atoms with E-state index in [4.69, 9.17) is 0 Å². The summed E-state index contributed by atoms with van der Waals surface area (Å²) in [7, 11) is 0. The zero-order valence-electron chi connectivity index (χ0n) is 17.4. The Morgan fingerprint density at radius 1 is 1.26 bits per heavy atom. The largest absolute Gasteiger partial charge is 0.418 e. The van der Waals surface area contributed by atoms with Crippen LogP contribution in [0.3, 0.4) is 0 Å². The first-order valence-electron chi connectivity index (χ1n) is 10.1. The van der Waals surface area contributed by atoms with Gasteiger partial charge in [-0.05, 0) is 38.8 Å². The molecule has 0 bridgehead atoms. The molecule has 0 unspecified atom stereocenters. The molecule has 1 fully saturated rings. The van der Waals surface area contributed by atoms with Crippen molar-refractivity contribution < 1.29 is 22.8 Å². The number of amides is 2. The molecule has 0 radical (unpaired) electrons. The monoisotopic (exact) mass is 454 g/mol. The van der Waals surface area contributed by atoms with Crippen LogP contribution >= 0.6 is 11.3 Å². The molecule has 1 aliphatic rings. The van der Waals surface area contributed by atoms with Crippen LogP contribution in [0.5, 0.6) is 0 Å². The van der Waals surface area contributed by atoms with E-state index in [1.165, 1.54) is 23.1 Å². The van der Waals surface area contributed by atoms with E-state index in [0.717, 1.165) is 16.9 Å². The van der Waals surface area contributed by atoms with Gasteiger partial charge in [-0.2, -0.15) is 13.2 Å². The van der Waals surface area contributed by atoms with Gasteiger partial charge in [0, 0.05) is 30.9 Å². The topological polar surface area (TPSA) is 65.5 Å². The third-order valence-corrected chi connectivity index (χ3v) is 6.28. The Morgan fingerprint density at radius 3 is 2.52 bits per heavy atom. The number of para-hydroxylation sites is 1. The molecule has 2 heterocycles. The van der Waals surface area contributed by atoms with E-state index in [1.54, 1.807) is 18.3 Å². The number of aryl methyl sites for hydroxylation is 1. The minimum absolute atomic E-state index is 0.142. The number of aromatic nitrogens is 1. The number of hydrogen-bond acceptors (Lipinski definition) is 5. The van der Waals surface area contributed by atoms with Gasteiger partial charge in [0.15, 0.2) is 5.13 Å². The quantitative estimate of drug-likeness (QED) is 0.712. The number of likely N-dealkylation sites (N-methyl/N-ethyl adjacent to an activating group) is 1. The van der Waals surface area contributed by atoms with Crippen molar-refractivity contribution >= 4 is 34.0 Å². The summed E-state index contributed by atoms with van der Waals surface area (Å²) in [6, 6.07) is 4.80. The Labute approximate surface area is 183 Å². The zero-order chi connectivity index (χ0) is 22.6. The molecule has 1 N–H and O–H groups in total. The average molecular weight is 455 g/mol. The fraction of sp³-hybridized carbons (Fsp3) is 0.476. The van der Waals surface area contributed by atoms with Crippen LogP contribution in [0.2, 0.25) is 0 Å². The summed E-state index contributed by atoms with van der Waals surface area (Å²) in [5.74, 6) is -1.01. The van der Waals surface area contributed by atoms with Crippen molar-refractivity contribution in [3.05, 3.63) is 40.9 Å². The van der Waals surface area contributed by atoms with Gasteiger partial charge >= 0.3 is 6.18 Å². The van der Waals surface area contributed by atoms with Crippen LogP contribution < -0.4 is 10.2 Å². The highest BCUT2D eigenvalue weighted by molar-refractivity contribution is 7.13. The second-order valence-corrected chi connectivity index (χ2v) is 8.31. The summed E-state index contributed by atoms with van der Waals surface area (Å²) in [6.45, 7) is 5.11. The number of alkyl halides is 3. The maximum Gasteiger partial charge on any atom is 0.418 e. The molecular formula is C21H25F3N4O2S. The third-order valence-electron chi connectivity index (χ3n) is 5.26. The smallest absolute Gasteiger partial charge is 0.348 e. The Bertz CT molecular complexity index is 923. The molecule has 1 aromatic heterocycles. The minimum Gasteiger partial charge on any atom is -0.348 e. The van der Waals surface area contributed by atoms with Gasteiger partial charge in [-0.15, -0.1) is 11.3 Å². The van der Waals surface area contributed by atoms with Gasteiger partial charge in [0.1, 0.15) is 0 Å². The van der Waals surface area contributed by atoms with E-state index in [0.29, 0.717) is 32.5 Å². The maximum absolute atomic E-state index is 13.1. The molecule has 2 aromatic rings. The van der Waals surface area contributed by atoms with E-state index in [2.05, 4.69) is 15.2 Å². The number of hydrogen-bond donors (Lipinski definition) is 1. The lowest BCUT2D eigenvalue weighted by atomic mass is 9.95. The standard InChI is InChI=1S/C21H25F3N4O2S/c1-3-27(12-18(29)26-17-7-5-4-6-16(17)21(22,23)24)19(30)15-8-10-28(11-9-15)20-25-14(2)13-31-20/h4-7,13,15H,3,8-12H2,1-2H3,(H,26,29). The van der Waals surface area contributed by atoms with Crippen LogP contribution in [0.25, 0.3) is 0 Å². The Hall–Kier alpha value is -2.62. The molecule has 2 amide bonds. The van der Waals surface area contributed by atoms with Crippen molar-refractivity contribution in [3.63, 3.8) is 0 Å². The summed E-state index contributed by atoms with van der Waals surface area (Å²) in [4.78, 5) is 33.4. The van der Waals surface area contributed by atoms with Gasteiger partial charge in [-0.1, -0.05) is 12.1 Å². The van der Waals surface area contributed by atoms with E-state index in [9.17, 15) is 22.8 Å². The third kappa shape index (κ3) is 5.75. The van der Waals surface area contributed by atoms with Crippen LogP contribution in [-0.4, -0.2) is 47.9 Å². The van der Waals surface area contributed by atoms with Crippen molar-refractivity contribution in [2.24, 2.45) is 5.92 Å². The van der Waals surface area contributed by atoms with Crippen molar-refractivity contribution in [1.29, 1.82) is 0 Å². The van der Waals surface area contributed by atoms with E-state index < -0.39 is 17.6 Å². The molecule has 1 aliphatic heterocycles. The van der Waals surface area contributed by atoms with Crippen molar-refractivity contribution in [2.45, 2.75) is 32.9 Å². The lowest BCUT2D eigenvalue weighted by Crippen LogP contribution is -2.45. The molecule has 3 rings (SSSR count). The van der Waals surface area contributed by atoms with Gasteiger partial charge in [0.25, 0.3) is 0 Å². The van der Waals surface area contributed by atoms with Crippen LogP contribution in [0.1, 0.15) is 31.0 Å². The number of carbonyl (C=O) groups excluding carboxylic acids is 2. The normalized spacial score (nSPS) is 15.1. The maximum atomic E-state index is 13.1. The highest BCUT2D eigenvalue weighted by atomic mass is 32.1. The molecule has 1 saturated heterocycles. The Balaban J connectivity index is 1.57. The van der Waals surface area contributed by atoms with Gasteiger partial charge < -0.3 is 15.1 Å². The van der Waals surface area contributed by atoms with Gasteiger partial charge in [-0.3, -0.25) is 9.59 Å². The highest BCUT2D eigenvalue weighted by Gasteiger charge is 2.34. The van der Waals surface area contributed by atoms with Crippen LogP contribution in [0, 0.1) is 12.8 Å². The summed E-state index contributed by atoms with van der Waals surface area (Å²) in [5, 5.41) is 5.23. The second kappa shape index (κ2) is 9.67. The zero-order valence-corrected chi connectivity index (χ0v) is 18.2. The van der Waals surface area contributed by atoms with Crippen molar-refractivity contribution in [2.75, 3.05) is 36.4 Å². The molecule has 0 spiro atoms. The van der Waals surface area contributed by atoms with Crippen LogP contribution in [0.4, 0.5) is 24.0 Å². The number of piperidine rings is 1.